The quantitative estimate of drug-likeness (QED) is 0.407. The maximum atomic E-state index is 6.58. The summed E-state index contributed by atoms with van der Waals surface area (Å²) in [5.41, 5.74) is 3.73. The third-order valence-corrected chi connectivity index (χ3v) is 7.95. The highest BCUT2D eigenvalue weighted by Gasteiger charge is 2.48. The number of rotatable bonds is 7. The lowest BCUT2D eigenvalue weighted by Gasteiger charge is -2.42. The van der Waals surface area contributed by atoms with Crippen LogP contribution in [-0.4, -0.2) is 26.9 Å². The smallest absolute Gasteiger partial charge is 0.184 e. The molecule has 4 nitrogen and oxygen atoms in total. The highest BCUT2D eigenvalue weighted by molar-refractivity contribution is 5.42. The lowest BCUT2D eigenvalue weighted by atomic mass is 9.63. The average Bonchev–Trinajstić information content (AvgIpc) is 3.39. The fourth-order valence-electron chi connectivity index (χ4n) is 5.61. The Balaban J connectivity index is 1.52. The van der Waals surface area contributed by atoms with E-state index >= 15 is 0 Å². The van der Waals surface area contributed by atoms with Crippen molar-refractivity contribution in [1.82, 2.24) is 0 Å². The molecule has 1 aliphatic heterocycles. The first kappa shape index (κ1) is 23.1. The maximum Gasteiger partial charge on any atom is 0.184 e. The Bertz CT molecular complexity index is 1100. The van der Waals surface area contributed by atoms with Crippen LogP contribution in [0, 0.1) is 11.8 Å². The molecule has 1 heterocycles. The van der Waals surface area contributed by atoms with Gasteiger partial charge in [-0.05, 0) is 53.0 Å². The van der Waals surface area contributed by atoms with E-state index in [9.17, 15) is 0 Å². The van der Waals surface area contributed by atoms with Gasteiger partial charge in [0.25, 0.3) is 0 Å². The van der Waals surface area contributed by atoms with Gasteiger partial charge in [0, 0.05) is 12.7 Å². The molecule has 178 valence electrons. The molecular weight excluding hydrogens is 424 g/mol. The zero-order valence-corrected chi connectivity index (χ0v) is 20.4. The van der Waals surface area contributed by atoms with E-state index in [1.165, 1.54) is 12.0 Å². The van der Waals surface area contributed by atoms with Gasteiger partial charge in [-0.15, -0.1) is 0 Å². The van der Waals surface area contributed by atoms with Gasteiger partial charge in [0.1, 0.15) is 17.5 Å². The zero-order chi connectivity index (χ0) is 23.7. The number of ether oxygens (including phenoxy) is 4. The summed E-state index contributed by atoms with van der Waals surface area (Å²) in [5.74, 6) is 2.86. The van der Waals surface area contributed by atoms with E-state index in [1.54, 1.807) is 14.2 Å². The molecule has 1 saturated carbocycles. The zero-order valence-electron chi connectivity index (χ0n) is 20.4. The van der Waals surface area contributed by atoms with Crippen LogP contribution in [0.4, 0.5) is 0 Å². The van der Waals surface area contributed by atoms with Crippen LogP contribution in [0.25, 0.3) is 0 Å². The van der Waals surface area contributed by atoms with Gasteiger partial charge < -0.3 is 18.9 Å². The maximum absolute atomic E-state index is 6.58. The minimum absolute atomic E-state index is 0.306. The van der Waals surface area contributed by atoms with Crippen LogP contribution >= 0.6 is 0 Å². The topological polar surface area (TPSA) is 36.9 Å². The van der Waals surface area contributed by atoms with Gasteiger partial charge in [-0.2, -0.15) is 0 Å². The Labute approximate surface area is 202 Å². The van der Waals surface area contributed by atoms with Crippen molar-refractivity contribution in [2.75, 3.05) is 20.8 Å². The summed E-state index contributed by atoms with van der Waals surface area (Å²) in [6.07, 6.45) is 0.475. The highest BCUT2D eigenvalue weighted by Crippen LogP contribution is 2.49. The average molecular weight is 459 g/mol. The van der Waals surface area contributed by atoms with Gasteiger partial charge in [0.15, 0.2) is 6.29 Å². The highest BCUT2D eigenvalue weighted by atomic mass is 16.7. The molecule has 0 N–H and O–H groups in total. The van der Waals surface area contributed by atoms with E-state index in [4.69, 9.17) is 18.9 Å². The standard InChI is InChI=1S/C30H34O4/c1-20-17-27(21(20)2)23-9-8-12-25(18-23)30(32-4,24-10-6-5-7-11-24)28-19-33-29(34-28)22-13-15-26(31-3)16-14-22/h5-16,18,20-21,27-29H,17,19H2,1-4H3. The van der Waals surface area contributed by atoms with E-state index in [2.05, 4.69) is 62.4 Å². The summed E-state index contributed by atoms with van der Waals surface area (Å²) in [5, 5.41) is 0. The second-order valence-electron chi connectivity index (χ2n) is 9.67. The normalized spacial score (nSPS) is 28.2. The third-order valence-electron chi connectivity index (χ3n) is 7.95. The molecule has 1 aliphatic carbocycles. The van der Waals surface area contributed by atoms with Crippen LogP contribution in [0.2, 0.25) is 0 Å². The molecular formula is C30H34O4. The largest absolute Gasteiger partial charge is 0.497 e. The minimum atomic E-state index is -0.781. The first-order valence-corrected chi connectivity index (χ1v) is 12.2. The summed E-state index contributed by atoms with van der Waals surface area (Å²) in [6.45, 7) is 5.14. The fourth-order valence-corrected chi connectivity index (χ4v) is 5.61. The lowest BCUT2D eigenvalue weighted by molar-refractivity contribution is -0.122. The molecule has 0 spiro atoms. The molecule has 2 aliphatic rings. The van der Waals surface area contributed by atoms with E-state index in [0.717, 1.165) is 28.4 Å². The summed E-state index contributed by atoms with van der Waals surface area (Å²) in [4.78, 5) is 0. The molecule has 0 radical (unpaired) electrons. The molecule has 5 rings (SSSR count). The minimum Gasteiger partial charge on any atom is -0.497 e. The third kappa shape index (κ3) is 3.94. The molecule has 0 aromatic heterocycles. The SMILES string of the molecule is COc1ccc(C2OCC(C(OC)(c3ccccc3)c3cccc(C4CC(C)C4C)c3)O2)cc1. The lowest BCUT2D eigenvalue weighted by Crippen LogP contribution is -2.44. The molecule has 0 bridgehead atoms. The van der Waals surface area contributed by atoms with Crippen LogP contribution in [0.3, 0.4) is 0 Å². The van der Waals surface area contributed by atoms with Crippen molar-refractivity contribution >= 4 is 0 Å². The van der Waals surface area contributed by atoms with Crippen molar-refractivity contribution in [3.05, 3.63) is 101 Å². The predicted octanol–water partition coefficient (Wildman–Crippen LogP) is 6.46. The first-order chi connectivity index (χ1) is 16.6. The van der Waals surface area contributed by atoms with Gasteiger partial charge in [0.2, 0.25) is 0 Å². The summed E-state index contributed by atoms with van der Waals surface area (Å²) in [7, 11) is 3.44. The molecule has 6 unspecified atom stereocenters. The number of benzene rings is 3. The van der Waals surface area contributed by atoms with Crippen LogP contribution in [0.15, 0.2) is 78.9 Å². The van der Waals surface area contributed by atoms with Crippen molar-refractivity contribution in [3.8, 4) is 5.75 Å². The monoisotopic (exact) mass is 458 g/mol. The van der Waals surface area contributed by atoms with Crippen LogP contribution < -0.4 is 4.74 Å². The Morgan fingerprint density at radius 3 is 2.21 bits per heavy atom. The Morgan fingerprint density at radius 1 is 0.824 bits per heavy atom. The molecule has 3 aromatic rings. The van der Waals surface area contributed by atoms with Crippen LogP contribution in [0.1, 0.15) is 54.7 Å². The summed E-state index contributed by atoms with van der Waals surface area (Å²) < 4.78 is 24.5. The van der Waals surface area contributed by atoms with Gasteiger partial charge >= 0.3 is 0 Å². The summed E-state index contributed by atoms with van der Waals surface area (Å²) in [6, 6.07) is 27.1. The van der Waals surface area contributed by atoms with Crippen molar-refractivity contribution in [2.24, 2.45) is 11.8 Å². The van der Waals surface area contributed by atoms with Gasteiger partial charge in [-0.3, -0.25) is 0 Å². The Kier molecular flexibility index (Phi) is 6.48. The van der Waals surface area contributed by atoms with Crippen molar-refractivity contribution in [1.29, 1.82) is 0 Å². The van der Waals surface area contributed by atoms with Crippen molar-refractivity contribution in [3.63, 3.8) is 0 Å². The molecule has 34 heavy (non-hydrogen) atoms. The predicted molar refractivity (Wildman–Crippen MR) is 133 cm³/mol. The van der Waals surface area contributed by atoms with Gasteiger partial charge in [0.05, 0.1) is 13.7 Å². The van der Waals surface area contributed by atoms with E-state index in [0.29, 0.717) is 18.4 Å². The van der Waals surface area contributed by atoms with Gasteiger partial charge in [-0.25, -0.2) is 0 Å². The summed E-state index contributed by atoms with van der Waals surface area (Å²) >= 11 is 0. The van der Waals surface area contributed by atoms with Crippen LogP contribution in [-0.2, 0) is 19.8 Å². The van der Waals surface area contributed by atoms with Crippen LogP contribution in [0.5, 0.6) is 5.75 Å². The second-order valence-corrected chi connectivity index (χ2v) is 9.67. The second kappa shape index (κ2) is 9.53. The molecule has 1 saturated heterocycles. The Morgan fingerprint density at radius 2 is 1.56 bits per heavy atom. The molecule has 3 aromatic carbocycles. The first-order valence-electron chi connectivity index (χ1n) is 12.2. The van der Waals surface area contributed by atoms with E-state index in [-0.39, 0.29) is 6.10 Å². The Hall–Kier alpha value is -2.66. The van der Waals surface area contributed by atoms with Crippen molar-refractivity contribution < 1.29 is 18.9 Å². The van der Waals surface area contributed by atoms with Crippen molar-refractivity contribution in [2.45, 2.75) is 44.2 Å². The molecule has 0 amide bonds. The number of hydrogen-bond acceptors (Lipinski definition) is 4. The molecule has 6 atom stereocenters. The number of methoxy groups -OCH3 is 2. The van der Waals surface area contributed by atoms with E-state index < -0.39 is 11.9 Å². The number of hydrogen-bond donors (Lipinski definition) is 0. The van der Waals surface area contributed by atoms with Gasteiger partial charge in [-0.1, -0.05) is 80.6 Å². The molecule has 4 heteroatoms. The van der Waals surface area contributed by atoms with E-state index in [1.807, 2.05) is 30.3 Å². The fraction of sp³-hybridized carbons (Fsp3) is 0.400. The molecule has 2 fully saturated rings.